The molecule has 0 aliphatic carbocycles. The van der Waals surface area contributed by atoms with Crippen molar-refractivity contribution >= 4 is 16.9 Å². The standard InChI is InChI=1S/C21H19FN4O/c22-16-7-9-17(10-8-16)26-13-18(15-5-2-1-3-6-15)19-20(23-11-4-12-27)24-14-25-21(19)26/h1-3,5-10,13-14,27H,4,11-12H2,(H,23,24,25). The van der Waals surface area contributed by atoms with Crippen LogP contribution in [0.4, 0.5) is 10.2 Å². The highest BCUT2D eigenvalue weighted by Gasteiger charge is 2.17. The first kappa shape index (κ1) is 17.2. The molecule has 6 heteroatoms. The smallest absolute Gasteiger partial charge is 0.150 e. The number of benzene rings is 2. The first-order valence-electron chi connectivity index (χ1n) is 8.80. The quantitative estimate of drug-likeness (QED) is 0.509. The molecule has 0 spiro atoms. The van der Waals surface area contributed by atoms with Crippen LogP contribution in [0.3, 0.4) is 0 Å². The van der Waals surface area contributed by atoms with Crippen LogP contribution in [0.2, 0.25) is 0 Å². The van der Waals surface area contributed by atoms with E-state index in [1.807, 2.05) is 41.1 Å². The predicted molar refractivity (Wildman–Crippen MR) is 104 cm³/mol. The van der Waals surface area contributed by atoms with Crippen molar-refractivity contribution in [1.82, 2.24) is 14.5 Å². The third-order valence-corrected chi connectivity index (χ3v) is 4.40. The number of hydrogen-bond acceptors (Lipinski definition) is 4. The van der Waals surface area contributed by atoms with Gasteiger partial charge in [-0.1, -0.05) is 30.3 Å². The average molecular weight is 362 g/mol. The summed E-state index contributed by atoms with van der Waals surface area (Å²) in [5.74, 6) is 0.438. The van der Waals surface area contributed by atoms with Crippen molar-refractivity contribution in [3.05, 3.63) is 72.9 Å². The van der Waals surface area contributed by atoms with E-state index in [2.05, 4.69) is 15.3 Å². The molecule has 0 unspecified atom stereocenters. The second-order valence-electron chi connectivity index (χ2n) is 6.18. The Kier molecular flexibility index (Phi) is 4.80. The zero-order valence-electron chi connectivity index (χ0n) is 14.6. The summed E-state index contributed by atoms with van der Waals surface area (Å²) in [6.45, 7) is 0.724. The Balaban J connectivity index is 1.92. The van der Waals surface area contributed by atoms with Gasteiger partial charge in [-0.25, -0.2) is 14.4 Å². The fraction of sp³-hybridized carbons (Fsp3) is 0.143. The molecule has 0 aliphatic rings. The molecular weight excluding hydrogens is 343 g/mol. The second-order valence-corrected chi connectivity index (χ2v) is 6.18. The number of aromatic nitrogens is 3. The highest BCUT2D eigenvalue weighted by molar-refractivity contribution is 6.02. The Labute approximate surface area is 156 Å². The summed E-state index contributed by atoms with van der Waals surface area (Å²) in [6, 6.07) is 16.3. The van der Waals surface area contributed by atoms with E-state index in [9.17, 15) is 4.39 Å². The van der Waals surface area contributed by atoms with E-state index in [-0.39, 0.29) is 12.4 Å². The number of fused-ring (bicyclic) bond motifs is 1. The molecule has 4 rings (SSSR count). The molecule has 0 aliphatic heterocycles. The molecule has 2 heterocycles. The van der Waals surface area contributed by atoms with Crippen molar-refractivity contribution in [2.24, 2.45) is 0 Å². The molecule has 0 saturated heterocycles. The number of aliphatic hydroxyl groups excluding tert-OH is 1. The van der Waals surface area contributed by atoms with E-state index in [1.54, 1.807) is 12.1 Å². The minimum absolute atomic E-state index is 0.114. The first-order valence-corrected chi connectivity index (χ1v) is 8.80. The van der Waals surface area contributed by atoms with Gasteiger partial charge in [0.25, 0.3) is 0 Å². The van der Waals surface area contributed by atoms with Gasteiger partial charge < -0.3 is 15.0 Å². The Morgan fingerprint density at radius 3 is 2.52 bits per heavy atom. The summed E-state index contributed by atoms with van der Waals surface area (Å²) in [4.78, 5) is 8.89. The average Bonchev–Trinajstić information content (AvgIpc) is 3.10. The van der Waals surface area contributed by atoms with E-state index in [0.717, 1.165) is 27.8 Å². The zero-order valence-corrected chi connectivity index (χ0v) is 14.6. The first-order chi connectivity index (χ1) is 13.3. The Morgan fingerprint density at radius 2 is 1.78 bits per heavy atom. The molecule has 2 N–H and O–H groups in total. The maximum absolute atomic E-state index is 13.4. The lowest BCUT2D eigenvalue weighted by molar-refractivity contribution is 0.292. The van der Waals surface area contributed by atoms with Gasteiger partial charge >= 0.3 is 0 Å². The maximum atomic E-state index is 13.4. The van der Waals surface area contributed by atoms with Crippen molar-refractivity contribution in [2.75, 3.05) is 18.5 Å². The van der Waals surface area contributed by atoms with Gasteiger partial charge in [0.15, 0.2) is 5.65 Å². The van der Waals surface area contributed by atoms with E-state index in [4.69, 9.17) is 5.11 Å². The Bertz CT molecular complexity index is 1050. The molecule has 27 heavy (non-hydrogen) atoms. The van der Waals surface area contributed by atoms with Gasteiger partial charge in [-0.3, -0.25) is 0 Å². The van der Waals surface area contributed by atoms with Crippen LogP contribution in [0.1, 0.15) is 6.42 Å². The summed E-state index contributed by atoms with van der Waals surface area (Å²) in [7, 11) is 0. The molecule has 0 bridgehead atoms. The van der Waals surface area contributed by atoms with Crippen LogP contribution in [0, 0.1) is 5.82 Å². The summed E-state index contributed by atoms with van der Waals surface area (Å²) in [6.07, 6.45) is 4.14. The Hall–Kier alpha value is -3.25. The molecule has 0 saturated carbocycles. The van der Waals surface area contributed by atoms with Crippen molar-refractivity contribution < 1.29 is 9.50 Å². The van der Waals surface area contributed by atoms with E-state index in [1.165, 1.54) is 18.5 Å². The molecule has 4 aromatic rings. The number of nitrogens with one attached hydrogen (secondary N) is 1. The lowest BCUT2D eigenvalue weighted by atomic mass is 10.1. The van der Waals surface area contributed by atoms with Gasteiger partial charge in [-0.05, 0) is 36.2 Å². The lowest BCUT2D eigenvalue weighted by Gasteiger charge is -2.08. The van der Waals surface area contributed by atoms with Crippen LogP contribution in [-0.2, 0) is 0 Å². The van der Waals surface area contributed by atoms with Gasteiger partial charge in [0.1, 0.15) is 18.0 Å². The highest BCUT2D eigenvalue weighted by atomic mass is 19.1. The topological polar surface area (TPSA) is 63.0 Å². The van der Waals surface area contributed by atoms with Crippen LogP contribution < -0.4 is 5.32 Å². The number of rotatable bonds is 6. The number of nitrogens with zero attached hydrogens (tertiary/aromatic N) is 3. The third kappa shape index (κ3) is 3.39. The van der Waals surface area contributed by atoms with Crippen LogP contribution in [-0.4, -0.2) is 32.8 Å². The summed E-state index contributed by atoms with van der Waals surface area (Å²) >= 11 is 0. The highest BCUT2D eigenvalue weighted by Crippen LogP contribution is 2.35. The minimum atomic E-state index is -0.278. The third-order valence-electron chi connectivity index (χ3n) is 4.40. The SMILES string of the molecule is OCCCNc1ncnc2c1c(-c1ccccc1)cn2-c1ccc(F)cc1. The van der Waals surface area contributed by atoms with Gasteiger partial charge in [0.2, 0.25) is 0 Å². The number of anilines is 1. The largest absolute Gasteiger partial charge is 0.396 e. The zero-order chi connectivity index (χ0) is 18.6. The van der Waals surface area contributed by atoms with Crippen molar-refractivity contribution in [3.8, 4) is 16.8 Å². The van der Waals surface area contributed by atoms with Crippen LogP contribution in [0.5, 0.6) is 0 Å². The van der Waals surface area contributed by atoms with Gasteiger partial charge in [-0.2, -0.15) is 0 Å². The summed E-state index contributed by atoms with van der Waals surface area (Å²) < 4.78 is 15.3. The van der Waals surface area contributed by atoms with E-state index < -0.39 is 0 Å². The number of halogens is 1. The molecule has 0 radical (unpaired) electrons. The van der Waals surface area contributed by atoms with Crippen molar-refractivity contribution in [3.63, 3.8) is 0 Å². The normalized spacial score (nSPS) is 11.0. The molecular formula is C21H19FN4O. The molecule has 2 aromatic carbocycles. The Morgan fingerprint density at radius 1 is 1.00 bits per heavy atom. The van der Waals surface area contributed by atoms with Crippen LogP contribution in [0.25, 0.3) is 27.8 Å². The second kappa shape index (κ2) is 7.55. The van der Waals surface area contributed by atoms with Gasteiger partial charge in [0, 0.05) is 30.6 Å². The van der Waals surface area contributed by atoms with Crippen LogP contribution >= 0.6 is 0 Å². The van der Waals surface area contributed by atoms with E-state index in [0.29, 0.717) is 18.8 Å². The van der Waals surface area contributed by atoms with Gasteiger partial charge in [0.05, 0.1) is 5.39 Å². The predicted octanol–water partition coefficient (Wildman–Crippen LogP) is 4.02. The summed E-state index contributed by atoms with van der Waals surface area (Å²) in [5.41, 5.74) is 3.59. The fourth-order valence-corrected chi connectivity index (χ4v) is 3.12. The lowest BCUT2D eigenvalue weighted by Crippen LogP contribution is -2.06. The number of aliphatic hydroxyl groups is 1. The summed E-state index contributed by atoms with van der Waals surface area (Å²) in [5, 5.41) is 13.2. The monoisotopic (exact) mass is 362 g/mol. The minimum Gasteiger partial charge on any atom is -0.396 e. The van der Waals surface area contributed by atoms with Crippen molar-refractivity contribution in [1.29, 1.82) is 0 Å². The maximum Gasteiger partial charge on any atom is 0.150 e. The molecule has 0 atom stereocenters. The van der Waals surface area contributed by atoms with Crippen LogP contribution in [0.15, 0.2) is 67.1 Å². The molecule has 5 nitrogen and oxygen atoms in total. The van der Waals surface area contributed by atoms with Crippen molar-refractivity contribution in [2.45, 2.75) is 6.42 Å². The number of hydrogen-bond donors (Lipinski definition) is 2. The molecule has 0 fully saturated rings. The fourth-order valence-electron chi connectivity index (χ4n) is 3.12. The molecule has 2 aromatic heterocycles. The molecule has 0 amide bonds. The molecule has 136 valence electrons. The van der Waals surface area contributed by atoms with E-state index >= 15 is 0 Å². The van der Waals surface area contributed by atoms with Gasteiger partial charge in [-0.15, -0.1) is 0 Å².